The van der Waals surface area contributed by atoms with E-state index in [1.54, 1.807) is 0 Å². The van der Waals surface area contributed by atoms with Crippen molar-refractivity contribution < 1.29 is 19.1 Å². The summed E-state index contributed by atoms with van der Waals surface area (Å²) in [5.74, 6) is 1.00. The second-order valence-corrected chi connectivity index (χ2v) is 7.67. The zero-order valence-electron chi connectivity index (χ0n) is 16.4. The van der Waals surface area contributed by atoms with Gasteiger partial charge in [-0.2, -0.15) is 0 Å². The highest BCUT2D eigenvalue weighted by molar-refractivity contribution is 7.14. The first-order chi connectivity index (χ1) is 14.6. The number of amides is 2. The lowest BCUT2D eigenvalue weighted by Crippen LogP contribution is -2.29. The second-order valence-electron chi connectivity index (χ2n) is 6.81. The first-order valence-corrected chi connectivity index (χ1v) is 10.4. The van der Waals surface area contributed by atoms with E-state index in [0.717, 1.165) is 22.6 Å². The predicted molar refractivity (Wildman–Crippen MR) is 115 cm³/mol. The first kappa shape index (κ1) is 19.9. The van der Waals surface area contributed by atoms with Crippen LogP contribution in [-0.4, -0.2) is 30.0 Å². The number of fused-ring (bicyclic) bond motifs is 1. The number of thiazole rings is 1. The van der Waals surface area contributed by atoms with Crippen molar-refractivity contribution in [2.45, 2.75) is 19.4 Å². The number of carbonyl (C=O) groups is 2. The van der Waals surface area contributed by atoms with Crippen LogP contribution in [0.25, 0.3) is 11.3 Å². The smallest absolute Gasteiger partial charge is 0.228 e. The maximum Gasteiger partial charge on any atom is 0.228 e. The van der Waals surface area contributed by atoms with E-state index in [4.69, 9.17) is 9.47 Å². The van der Waals surface area contributed by atoms with Gasteiger partial charge in [0.05, 0.1) is 18.2 Å². The molecule has 30 heavy (non-hydrogen) atoms. The lowest BCUT2D eigenvalue weighted by Gasteiger charge is -2.18. The molecule has 1 aliphatic rings. The number of carbonyl (C=O) groups excluding carboxylic acids is 2. The van der Waals surface area contributed by atoms with E-state index in [-0.39, 0.29) is 18.2 Å². The van der Waals surface area contributed by atoms with E-state index in [1.807, 2.05) is 53.9 Å². The van der Waals surface area contributed by atoms with Crippen molar-refractivity contribution in [1.29, 1.82) is 0 Å². The summed E-state index contributed by atoms with van der Waals surface area (Å²) in [5.41, 5.74) is 2.50. The van der Waals surface area contributed by atoms with Crippen LogP contribution in [-0.2, 0) is 9.59 Å². The third-order valence-corrected chi connectivity index (χ3v) is 5.32. The van der Waals surface area contributed by atoms with Crippen molar-refractivity contribution >= 4 is 28.3 Å². The minimum Gasteiger partial charge on any atom is -0.486 e. The Labute approximate surface area is 178 Å². The average Bonchev–Trinajstić information content (AvgIpc) is 3.21. The summed E-state index contributed by atoms with van der Waals surface area (Å²) in [6, 6.07) is 14.7. The van der Waals surface area contributed by atoms with E-state index < -0.39 is 6.04 Å². The third kappa shape index (κ3) is 4.77. The maximum absolute atomic E-state index is 12.6. The summed E-state index contributed by atoms with van der Waals surface area (Å²) < 4.78 is 11.2. The van der Waals surface area contributed by atoms with Gasteiger partial charge in [0, 0.05) is 17.9 Å². The van der Waals surface area contributed by atoms with Gasteiger partial charge in [-0.25, -0.2) is 4.98 Å². The number of anilines is 1. The molecule has 8 heteroatoms. The molecule has 154 valence electrons. The topological polar surface area (TPSA) is 89.6 Å². The van der Waals surface area contributed by atoms with Crippen molar-refractivity contribution in [3.63, 3.8) is 0 Å². The number of ether oxygens (including phenoxy) is 2. The van der Waals surface area contributed by atoms with Gasteiger partial charge in [0.1, 0.15) is 13.2 Å². The van der Waals surface area contributed by atoms with Crippen LogP contribution in [0.4, 0.5) is 5.13 Å². The van der Waals surface area contributed by atoms with Crippen molar-refractivity contribution in [2.24, 2.45) is 0 Å². The fourth-order valence-corrected chi connectivity index (χ4v) is 3.94. The zero-order valence-corrected chi connectivity index (χ0v) is 17.2. The molecule has 0 aliphatic carbocycles. The molecule has 0 bridgehead atoms. The Bertz CT molecular complexity index is 1050. The van der Waals surface area contributed by atoms with Crippen LogP contribution < -0.4 is 20.1 Å². The molecule has 2 aromatic carbocycles. The number of nitrogens with one attached hydrogen (secondary N) is 2. The molecule has 3 aromatic rings. The Morgan fingerprint density at radius 2 is 1.87 bits per heavy atom. The summed E-state index contributed by atoms with van der Waals surface area (Å²) in [5, 5.41) is 8.04. The number of hydrogen-bond acceptors (Lipinski definition) is 6. The van der Waals surface area contributed by atoms with Gasteiger partial charge in [-0.15, -0.1) is 11.3 Å². The summed E-state index contributed by atoms with van der Waals surface area (Å²) in [6.07, 6.45) is 0.114. The predicted octanol–water partition coefficient (Wildman–Crippen LogP) is 3.79. The maximum atomic E-state index is 12.6. The summed E-state index contributed by atoms with van der Waals surface area (Å²) in [4.78, 5) is 28.7. The molecule has 4 rings (SSSR count). The summed E-state index contributed by atoms with van der Waals surface area (Å²) in [6.45, 7) is 2.50. The highest BCUT2D eigenvalue weighted by atomic mass is 32.1. The molecule has 0 unspecified atom stereocenters. The largest absolute Gasteiger partial charge is 0.486 e. The Morgan fingerprint density at radius 1 is 1.10 bits per heavy atom. The normalized spacial score (nSPS) is 13.4. The second kappa shape index (κ2) is 8.96. The Hall–Kier alpha value is -3.39. The SMILES string of the molecule is CC(=O)N[C@H](CC(=O)Nc1nc(-c2ccc3c(c2)OCCO3)cs1)c1ccccc1. The minimum atomic E-state index is -0.402. The lowest BCUT2D eigenvalue weighted by molar-refractivity contribution is -0.120. The van der Waals surface area contributed by atoms with Crippen molar-refractivity contribution in [1.82, 2.24) is 10.3 Å². The van der Waals surface area contributed by atoms with Crippen molar-refractivity contribution in [2.75, 3.05) is 18.5 Å². The van der Waals surface area contributed by atoms with Gasteiger partial charge >= 0.3 is 0 Å². The number of benzene rings is 2. The molecular formula is C22H21N3O4S. The standard InChI is InChI=1S/C22H21N3O4S/c1-14(26)23-17(15-5-3-2-4-6-15)12-21(27)25-22-24-18(13-30-22)16-7-8-19-20(11-16)29-10-9-28-19/h2-8,11,13,17H,9-10,12H2,1H3,(H,23,26)(H,24,25,27)/t17-/m1/s1. The van der Waals surface area contributed by atoms with Crippen LogP contribution in [0, 0.1) is 0 Å². The van der Waals surface area contributed by atoms with Crippen LogP contribution >= 0.6 is 11.3 Å². The molecule has 0 radical (unpaired) electrons. The molecular weight excluding hydrogens is 402 g/mol. The number of nitrogens with zero attached hydrogens (tertiary/aromatic N) is 1. The molecule has 1 aromatic heterocycles. The van der Waals surface area contributed by atoms with E-state index >= 15 is 0 Å². The van der Waals surface area contributed by atoms with Gasteiger partial charge in [0.25, 0.3) is 0 Å². The van der Waals surface area contributed by atoms with Crippen LogP contribution in [0.15, 0.2) is 53.9 Å². The highest BCUT2D eigenvalue weighted by Crippen LogP contribution is 2.35. The number of hydrogen-bond donors (Lipinski definition) is 2. The quantitative estimate of drug-likeness (QED) is 0.630. The van der Waals surface area contributed by atoms with Crippen LogP contribution in [0.2, 0.25) is 0 Å². The Balaban J connectivity index is 1.44. The van der Waals surface area contributed by atoms with Gasteiger partial charge in [0.15, 0.2) is 16.6 Å². The third-order valence-electron chi connectivity index (χ3n) is 4.56. The molecule has 2 amide bonds. The number of rotatable bonds is 6. The van der Waals surface area contributed by atoms with E-state index in [9.17, 15) is 9.59 Å². The van der Waals surface area contributed by atoms with Gasteiger partial charge in [0.2, 0.25) is 11.8 Å². The van der Waals surface area contributed by atoms with Crippen LogP contribution in [0.5, 0.6) is 11.5 Å². The molecule has 7 nitrogen and oxygen atoms in total. The fraction of sp³-hybridized carbons (Fsp3) is 0.227. The number of aromatic nitrogens is 1. The molecule has 1 aliphatic heterocycles. The lowest BCUT2D eigenvalue weighted by atomic mass is 10.0. The average molecular weight is 423 g/mol. The molecule has 2 N–H and O–H groups in total. The highest BCUT2D eigenvalue weighted by Gasteiger charge is 2.18. The molecule has 1 atom stereocenters. The van der Waals surface area contributed by atoms with E-state index in [1.165, 1.54) is 18.3 Å². The van der Waals surface area contributed by atoms with Crippen LogP contribution in [0.1, 0.15) is 24.9 Å². The first-order valence-electron chi connectivity index (χ1n) is 9.56. The van der Waals surface area contributed by atoms with Crippen LogP contribution in [0.3, 0.4) is 0 Å². The Morgan fingerprint density at radius 3 is 2.63 bits per heavy atom. The molecule has 0 saturated carbocycles. The summed E-state index contributed by atoms with van der Waals surface area (Å²) >= 11 is 1.34. The minimum absolute atomic E-state index is 0.114. The van der Waals surface area contributed by atoms with E-state index in [0.29, 0.717) is 24.1 Å². The van der Waals surface area contributed by atoms with Gasteiger partial charge in [-0.1, -0.05) is 30.3 Å². The Kier molecular flexibility index (Phi) is 5.94. The van der Waals surface area contributed by atoms with Crippen molar-refractivity contribution in [3.8, 4) is 22.8 Å². The van der Waals surface area contributed by atoms with Gasteiger partial charge in [-0.05, 0) is 23.8 Å². The van der Waals surface area contributed by atoms with E-state index in [2.05, 4.69) is 15.6 Å². The molecule has 0 fully saturated rings. The molecule has 2 heterocycles. The molecule has 0 spiro atoms. The van der Waals surface area contributed by atoms with Crippen molar-refractivity contribution in [3.05, 3.63) is 59.5 Å². The van der Waals surface area contributed by atoms with Gasteiger partial charge in [-0.3, -0.25) is 9.59 Å². The summed E-state index contributed by atoms with van der Waals surface area (Å²) in [7, 11) is 0. The fourth-order valence-electron chi connectivity index (χ4n) is 3.21. The monoisotopic (exact) mass is 423 g/mol. The van der Waals surface area contributed by atoms with Gasteiger partial charge < -0.3 is 20.1 Å². The molecule has 0 saturated heterocycles. The zero-order chi connectivity index (χ0) is 20.9.